The zero-order chi connectivity index (χ0) is 22.8. The number of carbonyl (C=O) groups excluding carboxylic acids is 1. The molecule has 0 bridgehead atoms. The Labute approximate surface area is 193 Å². The van der Waals surface area contributed by atoms with Gasteiger partial charge in [0.1, 0.15) is 5.58 Å². The number of amides is 1. The summed E-state index contributed by atoms with van der Waals surface area (Å²) in [6.07, 6.45) is 3.55. The number of nitrogens with one attached hydrogen (secondary N) is 1. The van der Waals surface area contributed by atoms with E-state index in [4.69, 9.17) is 10.2 Å². The van der Waals surface area contributed by atoms with E-state index in [1.54, 1.807) is 6.07 Å². The maximum Gasteiger partial charge on any atom is 0.284 e. The number of primary amides is 1. The number of fused-ring (bicyclic) bond motifs is 2. The number of unbranched alkanes of at least 4 members (excludes halogenated alkanes) is 1. The molecule has 1 atom stereocenters. The molecule has 2 aromatic carbocycles. The number of piperazine rings is 1. The number of furan rings is 1. The maximum atomic E-state index is 11.4. The van der Waals surface area contributed by atoms with Crippen molar-refractivity contribution in [2.24, 2.45) is 5.73 Å². The predicted octanol–water partition coefficient (Wildman–Crippen LogP) is 3.90. The first-order chi connectivity index (χ1) is 16.1. The zero-order valence-electron chi connectivity index (χ0n) is 18.7. The highest BCUT2D eigenvalue weighted by atomic mass is 16.3. The van der Waals surface area contributed by atoms with Gasteiger partial charge in [0.25, 0.3) is 5.91 Å². The van der Waals surface area contributed by atoms with E-state index in [9.17, 15) is 10.1 Å². The van der Waals surface area contributed by atoms with Crippen LogP contribution in [0.4, 0.5) is 11.4 Å². The number of nitrogens with zero attached hydrogens (tertiary/aromatic N) is 3. The molecule has 3 heterocycles. The van der Waals surface area contributed by atoms with Crippen molar-refractivity contribution in [3.05, 3.63) is 59.4 Å². The molecule has 170 valence electrons. The van der Waals surface area contributed by atoms with E-state index >= 15 is 0 Å². The van der Waals surface area contributed by atoms with Crippen LogP contribution in [0.15, 0.2) is 46.9 Å². The lowest BCUT2D eigenvalue weighted by molar-refractivity contribution is 0.0976. The van der Waals surface area contributed by atoms with Gasteiger partial charge < -0.3 is 20.4 Å². The zero-order valence-corrected chi connectivity index (χ0v) is 18.7. The van der Waals surface area contributed by atoms with Gasteiger partial charge in [0.2, 0.25) is 0 Å². The van der Waals surface area contributed by atoms with Gasteiger partial charge in [0.15, 0.2) is 5.76 Å². The van der Waals surface area contributed by atoms with Crippen molar-refractivity contribution in [3.63, 3.8) is 0 Å². The minimum atomic E-state index is -0.540. The van der Waals surface area contributed by atoms with E-state index in [0.717, 1.165) is 62.3 Å². The van der Waals surface area contributed by atoms with Gasteiger partial charge >= 0.3 is 0 Å². The Bertz CT molecular complexity index is 1200. The molecule has 7 nitrogen and oxygen atoms in total. The summed E-state index contributed by atoms with van der Waals surface area (Å²) in [6, 6.07) is 16.0. The van der Waals surface area contributed by atoms with Crippen LogP contribution in [0.3, 0.4) is 0 Å². The lowest BCUT2D eigenvalue weighted by atomic mass is 9.94. The van der Waals surface area contributed by atoms with Gasteiger partial charge in [-0.1, -0.05) is 6.42 Å². The molecule has 0 radical (unpaired) electrons. The second kappa shape index (κ2) is 9.16. The van der Waals surface area contributed by atoms with Crippen LogP contribution in [0.2, 0.25) is 0 Å². The van der Waals surface area contributed by atoms with Crippen molar-refractivity contribution in [3.8, 4) is 6.07 Å². The summed E-state index contributed by atoms with van der Waals surface area (Å²) >= 11 is 0. The van der Waals surface area contributed by atoms with E-state index in [0.29, 0.717) is 11.5 Å². The first-order valence-corrected chi connectivity index (χ1v) is 11.7. The molecule has 2 aliphatic rings. The molecule has 1 amide bonds. The van der Waals surface area contributed by atoms with E-state index in [-0.39, 0.29) is 5.76 Å². The Balaban J connectivity index is 1.08. The number of hydrogen-bond acceptors (Lipinski definition) is 6. The average Bonchev–Trinajstić information content (AvgIpc) is 3.45. The van der Waals surface area contributed by atoms with E-state index in [1.165, 1.54) is 24.1 Å². The number of anilines is 2. The Morgan fingerprint density at radius 3 is 2.76 bits per heavy atom. The van der Waals surface area contributed by atoms with Gasteiger partial charge in [-0.3, -0.25) is 9.69 Å². The second-order valence-corrected chi connectivity index (χ2v) is 9.01. The fourth-order valence-electron chi connectivity index (χ4n) is 5.04. The molecule has 3 N–H and O–H groups in total. The first kappa shape index (κ1) is 21.4. The van der Waals surface area contributed by atoms with Gasteiger partial charge in [-0.25, -0.2) is 0 Å². The molecule has 0 aliphatic carbocycles. The van der Waals surface area contributed by atoms with Crippen LogP contribution in [-0.4, -0.2) is 50.1 Å². The molecule has 0 saturated carbocycles. The van der Waals surface area contributed by atoms with Gasteiger partial charge in [0, 0.05) is 55.4 Å². The average molecular weight is 444 g/mol. The van der Waals surface area contributed by atoms with E-state index in [1.807, 2.05) is 18.2 Å². The molecule has 0 spiro atoms. The number of carbonyl (C=O) groups is 1. The van der Waals surface area contributed by atoms with Crippen molar-refractivity contribution < 1.29 is 9.21 Å². The summed E-state index contributed by atoms with van der Waals surface area (Å²) in [5.74, 6) is 0.175. The largest absolute Gasteiger partial charge is 0.451 e. The minimum Gasteiger partial charge on any atom is -0.451 e. The highest BCUT2D eigenvalue weighted by molar-refractivity contribution is 5.95. The fourth-order valence-corrected chi connectivity index (χ4v) is 5.04. The summed E-state index contributed by atoms with van der Waals surface area (Å²) < 4.78 is 5.49. The molecule has 33 heavy (non-hydrogen) atoms. The third kappa shape index (κ3) is 4.53. The summed E-state index contributed by atoms with van der Waals surface area (Å²) in [5, 5.41) is 13.6. The molecule has 3 aromatic rings. The Morgan fingerprint density at radius 1 is 1.12 bits per heavy atom. The van der Waals surface area contributed by atoms with Gasteiger partial charge in [-0.05, 0) is 67.4 Å². The van der Waals surface area contributed by atoms with Crippen LogP contribution in [0.1, 0.15) is 46.9 Å². The van der Waals surface area contributed by atoms with Gasteiger partial charge in [0.05, 0.1) is 11.6 Å². The van der Waals surface area contributed by atoms with Crippen molar-refractivity contribution in [1.82, 2.24) is 4.90 Å². The second-order valence-electron chi connectivity index (χ2n) is 9.01. The Kier molecular flexibility index (Phi) is 5.93. The quantitative estimate of drug-likeness (QED) is 0.537. The molecule has 1 aromatic heterocycles. The standard InChI is InChI=1S/C26H29N5O2/c27-16-18-4-6-23-22(13-18)19(17-29-23)3-1-2-8-30-9-11-31(12-10-30)21-5-7-24-20(14-21)15-25(33-24)26(28)32/h4-7,13-15,19,29H,1-3,8-12,17H2,(H2,28,32). The Hall–Kier alpha value is -3.50. The van der Waals surface area contributed by atoms with Crippen molar-refractivity contribution >= 4 is 28.3 Å². The molecule has 1 unspecified atom stereocenters. The fraction of sp³-hybridized carbons (Fsp3) is 0.385. The number of benzene rings is 2. The van der Waals surface area contributed by atoms with Crippen LogP contribution in [0.25, 0.3) is 11.0 Å². The van der Waals surface area contributed by atoms with Crippen molar-refractivity contribution in [2.45, 2.75) is 25.2 Å². The lowest BCUT2D eigenvalue weighted by Crippen LogP contribution is -2.46. The number of hydrogen-bond donors (Lipinski definition) is 2. The number of nitrogens with two attached hydrogens (primary N) is 1. The van der Waals surface area contributed by atoms with Gasteiger partial charge in [-0.15, -0.1) is 0 Å². The van der Waals surface area contributed by atoms with Crippen molar-refractivity contribution in [2.75, 3.05) is 49.5 Å². The third-order valence-corrected chi connectivity index (χ3v) is 6.92. The highest BCUT2D eigenvalue weighted by Gasteiger charge is 2.23. The van der Waals surface area contributed by atoms with Crippen LogP contribution >= 0.6 is 0 Å². The van der Waals surface area contributed by atoms with E-state index in [2.05, 4.69) is 39.4 Å². The maximum absolute atomic E-state index is 11.4. The van der Waals surface area contributed by atoms with E-state index < -0.39 is 5.91 Å². The summed E-state index contributed by atoms with van der Waals surface area (Å²) in [5.41, 5.74) is 10.4. The van der Waals surface area contributed by atoms with Crippen LogP contribution < -0.4 is 16.0 Å². The predicted molar refractivity (Wildman–Crippen MR) is 130 cm³/mol. The molecule has 1 saturated heterocycles. The van der Waals surface area contributed by atoms with Crippen molar-refractivity contribution in [1.29, 1.82) is 5.26 Å². The number of rotatable bonds is 7. The molecule has 7 heteroatoms. The molecule has 1 fully saturated rings. The topological polar surface area (TPSA) is 98.5 Å². The summed E-state index contributed by atoms with van der Waals surface area (Å²) in [4.78, 5) is 16.3. The Morgan fingerprint density at radius 2 is 1.97 bits per heavy atom. The van der Waals surface area contributed by atoms with Crippen LogP contribution in [0.5, 0.6) is 0 Å². The molecular weight excluding hydrogens is 414 g/mol. The first-order valence-electron chi connectivity index (χ1n) is 11.7. The third-order valence-electron chi connectivity index (χ3n) is 6.92. The van der Waals surface area contributed by atoms with Gasteiger partial charge in [-0.2, -0.15) is 5.26 Å². The monoisotopic (exact) mass is 443 g/mol. The smallest absolute Gasteiger partial charge is 0.284 e. The number of nitriles is 1. The SMILES string of the molecule is N#Cc1ccc2c(c1)C(CCCCN1CCN(c3ccc4oc(C(N)=O)cc4c3)CC1)CN2. The van der Waals surface area contributed by atoms with Crippen LogP contribution in [-0.2, 0) is 0 Å². The normalized spacial score (nSPS) is 18.2. The molecule has 5 rings (SSSR count). The minimum absolute atomic E-state index is 0.203. The lowest BCUT2D eigenvalue weighted by Gasteiger charge is -2.36. The highest BCUT2D eigenvalue weighted by Crippen LogP contribution is 2.35. The summed E-state index contributed by atoms with van der Waals surface area (Å²) in [7, 11) is 0. The summed E-state index contributed by atoms with van der Waals surface area (Å²) in [6.45, 7) is 6.18. The molecule has 2 aliphatic heterocycles. The van der Waals surface area contributed by atoms with Crippen LogP contribution in [0, 0.1) is 11.3 Å². The molecular formula is C26H29N5O2.